The molecule has 3 aliphatic rings. The highest BCUT2D eigenvalue weighted by Crippen LogP contribution is 2.42. The molecule has 31 heavy (non-hydrogen) atoms. The second-order valence-corrected chi connectivity index (χ2v) is 8.64. The number of rotatable bonds is 4. The smallest absolute Gasteiger partial charge is 0.261 e. The molecule has 1 saturated heterocycles. The van der Waals surface area contributed by atoms with Crippen LogP contribution in [0.2, 0.25) is 0 Å². The van der Waals surface area contributed by atoms with Gasteiger partial charge in [-0.15, -0.1) is 0 Å². The number of anilines is 1. The summed E-state index contributed by atoms with van der Waals surface area (Å²) < 4.78 is 1.96. The van der Waals surface area contributed by atoms with Crippen molar-refractivity contribution in [2.45, 2.75) is 44.6 Å². The molecule has 0 bridgehead atoms. The molecule has 1 saturated carbocycles. The third-order valence-corrected chi connectivity index (χ3v) is 6.46. The lowest BCUT2D eigenvalue weighted by molar-refractivity contribution is -0.119. The van der Waals surface area contributed by atoms with Gasteiger partial charge < -0.3 is 9.30 Å². The van der Waals surface area contributed by atoms with Crippen LogP contribution in [0.1, 0.15) is 70.0 Å². The first-order chi connectivity index (χ1) is 15.1. The van der Waals surface area contributed by atoms with Gasteiger partial charge in [0.15, 0.2) is 5.65 Å². The van der Waals surface area contributed by atoms with Crippen molar-refractivity contribution < 1.29 is 14.4 Å². The number of hydrogen-bond donors (Lipinski definition) is 0. The number of carbonyl (C=O) groups excluding carboxylic acids is 3. The lowest BCUT2D eigenvalue weighted by Crippen LogP contribution is -2.35. The molecule has 0 radical (unpaired) electrons. The molecule has 6 rings (SSSR count). The molecular formula is C24H22N4O3. The van der Waals surface area contributed by atoms with Gasteiger partial charge in [0.2, 0.25) is 5.91 Å². The van der Waals surface area contributed by atoms with Crippen LogP contribution in [0.15, 0.2) is 42.7 Å². The van der Waals surface area contributed by atoms with Crippen LogP contribution >= 0.6 is 0 Å². The molecule has 156 valence electrons. The maximum Gasteiger partial charge on any atom is 0.261 e. The Morgan fingerprint density at radius 1 is 0.968 bits per heavy atom. The normalized spacial score (nSPS) is 18.9. The van der Waals surface area contributed by atoms with E-state index in [1.54, 1.807) is 24.3 Å². The summed E-state index contributed by atoms with van der Waals surface area (Å²) in [6, 6.07) is 9.00. The largest absolute Gasteiger partial charge is 0.309 e. The molecule has 0 unspecified atom stereocenters. The van der Waals surface area contributed by atoms with E-state index in [-0.39, 0.29) is 24.3 Å². The number of carbonyl (C=O) groups is 3. The van der Waals surface area contributed by atoms with E-state index in [1.807, 2.05) is 15.5 Å². The van der Waals surface area contributed by atoms with E-state index in [0.29, 0.717) is 41.4 Å². The number of imidazole rings is 1. The zero-order valence-corrected chi connectivity index (χ0v) is 17.1. The van der Waals surface area contributed by atoms with Crippen LogP contribution in [-0.2, 0) is 11.3 Å². The first-order valence-corrected chi connectivity index (χ1v) is 10.9. The van der Waals surface area contributed by atoms with Crippen molar-refractivity contribution in [2.24, 2.45) is 0 Å². The Hall–Kier alpha value is -3.48. The lowest BCUT2D eigenvalue weighted by Gasteiger charge is -2.27. The highest BCUT2D eigenvalue weighted by atomic mass is 16.2. The fourth-order valence-electron chi connectivity index (χ4n) is 4.67. The average Bonchev–Trinajstić information content (AvgIpc) is 3.51. The first-order valence-electron chi connectivity index (χ1n) is 10.9. The molecule has 7 heteroatoms. The highest BCUT2D eigenvalue weighted by molar-refractivity contribution is 6.21. The van der Waals surface area contributed by atoms with E-state index in [1.165, 1.54) is 10.5 Å². The van der Waals surface area contributed by atoms with E-state index in [0.717, 1.165) is 31.4 Å². The van der Waals surface area contributed by atoms with Gasteiger partial charge in [-0.25, -0.2) is 4.98 Å². The van der Waals surface area contributed by atoms with Gasteiger partial charge in [-0.2, -0.15) is 0 Å². The molecule has 3 aromatic rings. The quantitative estimate of drug-likeness (QED) is 0.612. The number of piperidine rings is 1. The van der Waals surface area contributed by atoms with E-state index in [9.17, 15) is 14.4 Å². The summed E-state index contributed by atoms with van der Waals surface area (Å²) in [5, 5.41) is 0. The maximum absolute atomic E-state index is 12.8. The standard InChI is InChI=1S/C24H22N4O3/c29-21-7-3-4-10-27(21)20-11-16(15-8-9-15)12-26-13-17(25-22(20)26)14-28-23(30)18-5-1-2-6-19(18)24(28)31/h1-2,5-6,11-13,15H,3-4,7-10,14H2. The Bertz CT molecular complexity index is 1220. The van der Waals surface area contributed by atoms with Crippen LogP contribution in [-0.4, -0.2) is 38.6 Å². The number of nitrogens with zero attached hydrogens (tertiary/aromatic N) is 4. The van der Waals surface area contributed by atoms with Gasteiger partial charge in [-0.05, 0) is 55.4 Å². The monoisotopic (exact) mass is 414 g/mol. The Labute approximate surface area is 179 Å². The van der Waals surface area contributed by atoms with Crippen molar-refractivity contribution in [2.75, 3.05) is 11.4 Å². The van der Waals surface area contributed by atoms with E-state index in [4.69, 9.17) is 4.98 Å². The first kappa shape index (κ1) is 18.3. The fourth-order valence-corrected chi connectivity index (χ4v) is 4.67. The minimum atomic E-state index is -0.289. The van der Waals surface area contributed by atoms with Crippen LogP contribution in [0.5, 0.6) is 0 Å². The SMILES string of the molecule is O=C1c2ccccc2C(=O)N1Cc1cn2cc(C3CC3)cc(N3CCCCC3=O)c2n1. The average molecular weight is 414 g/mol. The number of imide groups is 1. The van der Waals surface area contributed by atoms with Gasteiger partial charge in [0, 0.05) is 25.4 Å². The predicted octanol–water partition coefficient (Wildman–Crippen LogP) is 3.52. The maximum atomic E-state index is 12.8. The molecular weight excluding hydrogens is 392 g/mol. The van der Waals surface area contributed by atoms with Gasteiger partial charge in [-0.3, -0.25) is 19.3 Å². The molecule has 7 nitrogen and oxygen atoms in total. The molecule has 0 atom stereocenters. The van der Waals surface area contributed by atoms with Crippen molar-refractivity contribution in [3.05, 3.63) is 65.1 Å². The number of aromatic nitrogens is 2. The topological polar surface area (TPSA) is 75.0 Å². The molecule has 2 aromatic heterocycles. The van der Waals surface area contributed by atoms with Gasteiger partial charge in [0.1, 0.15) is 0 Å². The Morgan fingerprint density at radius 3 is 2.39 bits per heavy atom. The second-order valence-electron chi connectivity index (χ2n) is 8.64. The van der Waals surface area contributed by atoms with Crippen LogP contribution in [0, 0.1) is 0 Å². The summed E-state index contributed by atoms with van der Waals surface area (Å²) in [4.78, 5) is 46.0. The van der Waals surface area contributed by atoms with Crippen molar-refractivity contribution in [1.29, 1.82) is 0 Å². The molecule has 1 aromatic carbocycles. The lowest BCUT2D eigenvalue weighted by atomic mass is 10.1. The number of hydrogen-bond acceptors (Lipinski definition) is 4. The predicted molar refractivity (Wildman–Crippen MR) is 114 cm³/mol. The third-order valence-electron chi connectivity index (χ3n) is 6.46. The molecule has 0 spiro atoms. The highest BCUT2D eigenvalue weighted by Gasteiger charge is 2.36. The zero-order valence-electron chi connectivity index (χ0n) is 17.1. The Morgan fingerprint density at radius 2 is 1.71 bits per heavy atom. The summed E-state index contributed by atoms with van der Waals surface area (Å²) in [5.74, 6) is 0.0849. The number of amides is 3. The summed E-state index contributed by atoms with van der Waals surface area (Å²) >= 11 is 0. The summed E-state index contributed by atoms with van der Waals surface area (Å²) in [6.45, 7) is 0.809. The van der Waals surface area contributed by atoms with Crippen molar-refractivity contribution >= 4 is 29.1 Å². The molecule has 1 aliphatic carbocycles. The molecule has 0 N–H and O–H groups in total. The second kappa shape index (κ2) is 6.77. The minimum Gasteiger partial charge on any atom is -0.309 e. The number of pyridine rings is 1. The Balaban J connectivity index is 1.39. The van der Waals surface area contributed by atoms with Gasteiger partial charge in [0.05, 0.1) is 29.1 Å². The third kappa shape index (κ3) is 2.95. The molecule has 3 amide bonds. The number of fused-ring (bicyclic) bond motifs is 2. The van der Waals surface area contributed by atoms with Gasteiger partial charge in [0.25, 0.3) is 11.8 Å². The molecule has 4 heterocycles. The molecule has 2 aliphatic heterocycles. The van der Waals surface area contributed by atoms with Crippen LogP contribution in [0.25, 0.3) is 5.65 Å². The van der Waals surface area contributed by atoms with E-state index < -0.39 is 0 Å². The van der Waals surface area contributed by atoms with Crippen LogP contribution in [0.4, 0.5) is 5.69 Å². The summed E-state index contributed by atoms with van der Waals surface area (Å²) in [6.07, 6.45) is 8.74. The van der Waals surface area contributed by atoms with Crippen molar-refractivity contribution in [1.82, 2.24) is 14.3 Å². The zero-order chi connectivity index (χ0) is 21.1. The van der Waals surface area contributed by atoms with Crippen molar-refractivity contribution in [3.8, 4) is 0 Å². The summed E-state index contributed by atoms with van der Waals surface area (Å²) in [5.41, 5.74) is 4.26. The fraction of sp³-hybridized carbons (Fsp3) is 0.333. The van der Waals surface area contributed by atoms with E-state index in [2.05, 4.69) is 12.3 Å². The van der Waals surface area contributed by atoms with Crippen molar-refractivity contribution in [3.63, 3.8) is 0 Å². The van der Waals surface area contributed by atoms with Gasteiger partial charge in [-0.1, -0.05) is 12.1 Å². The van der Waals surface area contributed by atoms with Gasteiger partial charge >= 0.3 is 0 Å². The van der Waals surface area contributed by atoms with Crippen LogP contribution < -0.4 is 4.90 Å². The number of benzene rings is 1. The van der Waals surface area contributed by atoms with E-state index >= 15 is 0 Å². The van der Waals surface area contributed by atoms with Crippen LogP contribution in [0.3, 0.4) is 0 Å². The Kier molecular flexibility index (Phi) is 4.00. The summed E-state index contributed by atoms with van der Waals surface area (Å²) in [7, 11) is 0. The molecule has 2 fully saturated rings. The minimum absolute atomic E-state index is 0.111.